The Balaban J connectivity index is 1.89. The molecule has 2 heteroatoms. The van der Waals surface area contributed by atoms with Gasteiger partial charge in [0.15, 0.2) is 6.29 Å². The molecule has 0 amide bonds. The number of nitrogens with zero attached hydrogens (tertiary/aromatic N) is 1. The topological polar surface area (TPSA) is 30.0 Å². The Kier molecular flexibility index (Phi) is 2.51. The molecule has 3 rings (SSSR count). The summed E-state index contributed by atoms with van der Waals surface area (Å²) in [5.74, 6) is 0. The third-order valence-electron chi connectivity index (χ3n) is 3.82. The maximum atomic E-state index is 10.6. The van der Waals surface area contributed by atoms with Crippen molar-refractivity contribution in [1.82, 2.24) is 4.98 Å². The highest BCUT2D eigenvalue weighted by Crippen LogP contribution is 2.47. The van der Waals surface area contributed by atoms with Gasteiger partial charge in [-0.1, -0.05) is 37.3 Å². The molecule has 0 bridgehead atoms. The smallest absolute Gasteiger partial charge is 0.168 e. The molecule has 1 aliphatic rings. The Bertz CT molecular complexity index is 565. The first-order valence-corrected chi connectivity index (χ1v) is 6.23. The predicted molar refractivity (Wildman–Crippen MR) is 71.6 cm³/mol. The van der Waals surface area contributed by atoms with E-state index in [-0.39, 0.29) is 0 Å². The van der Waals surface area contributed by atoms with Gasteiger partial charge in [-0.15, -0.1) is 0 Å². The minimum absolute atomic E-state index is 0.415. The second-order valence-corrected chi connectivity index (χ2v) is 5.23. The van der Waals surface area contributed by atoms with Crippen LogP contribution >= 0.6 is 0 Å². The van der Waals surface area contributed by atoms with Crippen molar-refractivity contribution < 1.29 is 4.79 Å². The van der Waals surface area contributed by atoms with Crippen LogP contribution in [0.2, 0.25) is 0 Å². The van der Waals surface area contributed by atoms with Crippen molar-refractivity contribution in [1.29, 1.82) is 0 Å². The lowest BCUT2D eigenvalue weighted by molar-refractivity contribution is 0.111. The van der Waals surface area contributed by atoms with Crippen LogP contribution in [0.5, 0.6) is 0 Å². The van der Waals surface area contributed by atoms with Crippen LogP contribution in [0.3, 0.4) is 0 Å². The Morgan fingerprint density at radius 3 is 2.22 bits per heavy atom. The maximum Gasteiger partial charge on any atom is 0.168 e. The Hall–Kier alpha value is -1.96. The molecule has 0 saturated heterocycles. The number of rotatable bonds is 3. The second kappa shape index (κ2) is 4.05. The summed E-state index contributed by atoms with van der Waals surface area (Å²) in [5.41, 5.74) is 4.50. The summed E-state index contributed by atoms with van der Waals surface area (Å²) in [4.78, 5) is 14.6. The molecular weight excluding hydrogens is 222 g/mol. The third-order valence-corrected chi connectivity index (χ3v) is 3.82. The third kappa shape index (κ3) is 1.94. The molecule has 2 nitrogen and oxygen atoms in total. The molecule has 0 spiro atoms. The van der Waals surface area contributed by atoms with Gasteiger partial charge in [0.25, 0.3) is 0 Å². The van der Waals surface area contributed by atoms with Crippen LogP contribution in [0.15, 0.2) is 42.6 Å². The van der Waals surface area contributed by atoms with Crippen LogP contribution in [-0.2, 0) is 5.41 Å². The molecule has 0 radical (unpaired) electrons. The minimum Gasteiger partial charge on any atom is -0.296 e. The molecular formula is C16H15NO. The van der Waals surface area contributed by atoms with Crippen LogP contribution in [-0.4, -0.2) is 11.3 Å². The summed E-state index contributed by atoms with van der Waals surface area (Å²) in [6, 6.07) is 12.4. The molecule has 1 fully saturated rings. The normalized spacial score (nSPS) is 16.3. The van der Waals surface area contributed by atoms with E-state index in [1.165, 1.54) is 18.4 Å². The van der Waals surface area contributed by atoms with E-state index in [4.69, 9.17) is 0 Å². The van der Waals surface area contributed by atoms with E-state index in [0.29, 0.717) is 11.1 Å². The van der Waals surface area contributed by atoms with Crippen molar-refractivity contribution in [3.63, 3.8) is 0 Å². The maximum absolute atomic E-state index is 10.6. The van der Waals surface area contributed by atoms with Crippen LogP contribution in [0.4, 0.5) is 0 Å². The van der Waals surface area contributed by atoms with Gasteiger partial charge in [-0.05, 0) is 35.4 Å². The number of aromatic nitrogens is 1. The van der Waals surface area contributed by atoms with E-state index >= 15 is 0 Å². The van der Waals surface area contributed by atoms with E-state index in [9.17, 15) is 4.79 Å². The van der Waals surface area contributed by atoms with Gasteiger partial charge in [0.1, 0.15) is 5.69 Å². The van der Waals surface area contributed by atoms with Gasteiger partial charge in [-0.3, -0.25) is 9.78 Å². The molecule has 90 valence electrons. The molecule has 1 saturated carbocycles. The zero-order valence-electron chi connectivity index (χ0n) is 10.4. The molecule has 0 N–H and O–H groups in total. The number of benzene rings is 1. The monoisotopic (exact) mass is 237 g/mol. The number of carbonyl (C=O) groups excluding carboxylic acids is 1. The highest BCUT2D eigenvalue weighted by Gasteiger charge is 2.38. The quantitative estimate of drug-likeness (QED) is 0.763. The lowest BCUT2D eigenvalue weighted by atomic mass is 9.96. The fourth-order valence-corrected chi connectivity index (χ4v) is 2.19. The van der Waals surface area contributed by atoms with Crippen molar-refractivity contribution >= 4 is 6.29 Å². The fourth-order valence-electron chi connectivity index (χ4n) is 2.19. The van der Waals surface area contributed by atoms with E-state index < -0.39 is 0 Å². The van der Waals surface area contributed by atoms with Crippen LogP contribution < -0.4 is 0 Å². The first-order chi connectivity index (χ1) is 8.71. The fraction of sp³-hybridized carbons (Fsp3) is 0.250. The molecule has 18 heavy (non-hydrogen) atoms. The first-order valence-electron chi connectivity index (χ1n) is 6.23. The summed E-state index contributed by atoms with van der Waals surface area (Å²) < 4.78 is 0. The van der Waals surface area contributed by atoms with E-state index in [2.05, 4.69) is 36.2 Å². The summed E-state index contributed by atoms with van der Waals surface area (Å²) in [6.45, 7) is 2.31. The van der Waals surface area contributed by atoms with Crippen molar-refractivity contribution in [2.45, 2.75) is 25.2 Å². The number of aldehydes is 1. The SMILES string of the molecule is CC1(c2ccc(-c3ccc(C=O)nc3)cc2)CC1. The molecule has 0 unspecified atom stereocenters. The van der Waals surface area contributed by atoms with Gasteiger partial charge in [0.2, 0.25) is 0 Å². The van der Waals surface area contributed by atoms with Crippen molar-refractivity contribution in [3.05, 3.63) is 53.9 Å². The summed E-state index contributed by atoms with van der Waals surface area (Å²) in [5, 5.41) is 0. The second-order valence-electron chi connectivity index (χ2n) is 5.23. The first kappa shape index (κ1) is 11.1. The van der Waals surface area contributed by atoms with Gasteiger partial charge in [-0.2, -0.15) is 0 Å². The molecule has 1 aliphatic carbocycles. The largest absolute Gasteiger partial charge is 0.296 e. The van der Waals surface area contributed by atoms with E-state index in [0.717, 1.165) is 17.4 Å². The lowest BCUT2D eigenvalue weighted by Crippen LogP contribution is -1.98. The highest BCUT2D eigenvalue weighted by atomic mass is 16.1. The summed E-state index contributed by atoms with van der Waals surface area (Å²) in [6.07, 6.45) is 5.10. The average Bonchev–Trinajstić information content (AvgIpc) is 3.18. The Morgan fingerprint density at radius 2 is 1.72 bits per heavy atom. The number of pyridine rings is 1. The predicted octanol–water partition coefficient (Wildman–Crippen LogP) is 3.61. The molecule has 0 atom stereocenters. The van der Waals surface area contributed by atoms with Gasteiger partial charge >= 0.3 is 0 Å². The average molecular weight is 237 g/mol. The summed E-state index contributed by atoms with van der Waals surface area (Å²) in [7, 11) is 0. The highest BCUT2D eigenvalue weighted by molar-refractivity contribution is 5.73. The van der Waals surface area contributed by atoms with E-state index in [1.54, 1.807) is 12.3 Å². The number of hydrogen-bond donors (Lipinski definition) is 0. The zero-order chi connectivity index (χ0) is 12.6. The van der Waals surface area contributed by atoms with Gasteiger partial charge in [-0.25, -0.2) is 0 Å². The molecule has 1 aromatic carbocycles. The number of hydrogen-bond acceptors (Lipinski definition) is 2. The zero-order valence-corrected chi connectivity index (χ0v) is 10.4. The standard InChI is InChI=1S/C16H15NO/c1-16(8-9-16)14-5-2-12(3-6-14)13-4-7-15(11-18)17-10-13/h2-7,10-11H,8-9H2,1H3. The minimum atomic E-state index is 0.415. The van der Waals surface area contributed by atoms with E-state index in [1.807, 2.05) is 6.07 Å². The van der Waals surface area contributed by atoms with Gasteiger partial charge in [0.05, 0.1) is 0 Å². The van der Waals surface area contributed by atoms with Crippen molar-refractivity contribution in [3.8, 4) is 11.1 Å². The van der Waals surface area contributed by atoms with Crippen molar-refractivity contribution in [2.24, 2.45) is 0 Å². The molecule has 2 aromatic rings. The molecule has 1 heterocycles. The summed E-state index contributed by atoms with van der Waals surface area (Å²) >= 11 is 0. The molecule has 0 aliphatic heterocycles. The lowest BCUT2D eigenvalue weighted by Gasteiger charge is -2.09. The van der Waals surface area contributed by atoms with Gasteiger partial charge < -0.3 is 0 Å². The van der Waals surface area contributed by atoms with Crippen LogP contribution in [0.25, 0.3) is 11.1 Å². The molecule has 1 aromatic heterocycles. The Morgan fingerprint density at radius 1 is 1.06 bits per heavy atom. The van der Waals surface area contributed by atoms with Crippen LogP contribution in [0.1, 0.15) is 35.8 Å². The van der Waals surface area contributed by atoms with Crippen molar-refractivity contribution in [2.75, 3.05) is 0 Å². The number of carbonyl (C=O) groups is 1. The Labute approximate surface area is 107 Å². The van der Waals surface area contributed by atoms with Gasteiger partial charge in [0, 0.05) is 11.8 Å². The van der Waals surface area contributed by atoms with Crippen LogP contribution in [0, 0.1) is 0 Å².